The number of hydrogen-bond acceptors (Lipinski definition) is 5. The van der Waals surface area contributed by atoms with Gasteiger partial charge in [-0.15, -0.1) is 15.3 Å². The Morgan fingerprint density at radius 2 is 1.96 bits per heavy atom. The number of nitrogens with zero attached hydrogens (tertiary/aromatic N) is 5. The lowest BCUT2D eigenvalue weighted by atomic mass is 10.2. The van der Waals surface area contributed by atoms with Gasteiger partial charge in [0, 0.05) is 25.5 Å². The maximum Gasteiger partial charge on any atom is 0.243 e. The minimum Gasteiger partial charge on any atom is -0.476 e. The van der Waals surface area contributed by atoms with Gasteiger partial charge in [0.05, 0.1) is 16.7 Å². The highest BCUT2D eigenvalue weighted by molar-refractivity contribution is 7.98. The molecule has 9 heteroatoms. The van der Waals surface area contributed by atoms with E-state index in [1.54, 1.807) is 17.8 Å². The van der Waals surface area contributed by atoms with E-state index in [0.717, 1.165) is 34.4 Å². The van der Waals surface area contributed by atoms with E-state index in [1.807, 2.05) is 48.5 Å². The van der Waals surface area contributed by atoms with Crippen LogP contribution in [0.2, 0.25) is 10.0 Å². The summed E-state index contributed by atoms with van der Waals surface area (Å²) in [5.74, 6) is 2.02. The van der Waals surface area contributed by atoms with Crippen LogP contribution in [-0.4, -0.2) is 31.2 Å². The van der Waals surface area contributed by atoms with E-state index < -0.39 is 0 Å². The fourth-order valence-corrected chi connectivity index (χ4v) is 3.59. The van der Waals surface area contributed by atoms with E-state index >= 15 is 0 Å². The van der Waals surface area contributed by atoms with Gasteiger partial charge in [-0.3, -0.25) is 4.68 Å². The quantitative estimate of drug-likeness (QED) is 0.527. The van der Waals surface area contributed by atoms with Crippen molar-refractivity contribution in [3.63, 3.8) is 0 Å². The second kappa shape index (κ2) is 8.33. The predicted molar refractivity (Wildman–Crippen MR) is 105 cm³/mol. The summed E-state index contributed by atoms with van der Waals surface area (Å²) < 4.78 is 9.42. The van der Waals surface area contributed by atoms with Crippen LogP contribution in [0, 0.1) is 0 Å². The molecule has 0 amide bonds. The molecule has 2 aromatic heterocycles. The van der Waals surface area contributed by atoms with Crippen molar-refractivity contribution in [1.82, 2.24) is 24.5 Å². The number of ether oxygens (including phenoxy) is 1. The third-order valence-electron chi connectivity index (χ3n) is 3.76. The molecular weight excluding hydrogens is 393 g/mol. The summed E-state index contributed by atoms with van der Waals surface area (Å²) >= 11 is 13.6. The van der Waals surface area contributed by atoms with Crippen molar-refractivity contribution < 1.29 is 4.74 Å². The smallest absolute Gasteiger partial charge is 0.243 e. The molecule has 0 atom stereocenters. The highest BCUT2D eigenvalue weighted by atomic mass is 35.5. The first-order valence-electron chi connectivity index (χ1n) is 8.20. The Labute approximate surface area is 166 Å². The van der Waals surface area contributed by atoms with Gasteiger partial charge >= 0.3 is 0 Å². The second-order valence-corrected chi connectivity index (χ2v) is 7.30. The van der Waals surface area contributed by atoms with E-state index in [4.69, 9.17) is 27.9 Å². The predicted octanol–water partition coefficient (Wildman–Crippen LogP) is 4.70. The molecule has 0 aliphatic carbocycles. The van der Waals surface area contributed by atoms with E-state index in [0.29, 0.717) is 22.5 Å². The molecule has 0 saturated heterocycles. The molecule has 0 aliphatic rings. The first-order chi connectivity index (χ1) is 12.5. The summed E-state index contributed by atoms with van der Waals surface area (Å²) in [4.78, 5) is 0. The van der Waals surface area contributed by atoms with E-state index in [9.17, 15) is 0 Å². The normalized spacial score (nSPS) is 11.1. The second-order valence-electron chi connectivity index (χ2n) is 5.54. The monoisotopic (exact) mass is 411 g/mol. The van der Waals surface area contributed by atoms with Crippen LogP contribution in [0.3, 0.4) is 0 Å². The van der Waals surface area contributed by atoms with Gasteiger partial charge in [-0.25, -0.2) is 0 Å². The topological polar surface area (TPSA) is 57.8 Å². The molecule has 6 nitrogen and oxygen atoms in total. The summed E-state index contributed by atoms with van der Waals surface area (Å²) in [5, 5.41) is 15.0. The number of aryl methyl sites for hydroxylation is 1. The van der Waals surface area contributed by atoms with Crippen LogP contribution < -0.4 is 4.74 Å². The van der Waals surface area contributed by atoms with Crippen LogP contribution in [0.5, 0.6) is 5.88 Å². The Hall–Kier alpha value is -1.70. The molecule has 0 radical (unpaired) electrons. The number of rotatable bonds is 7. The average Bonchev–Trinajstić information content (AvgIpc) is 3.19. The molecule has 0 bridgehead atoms. The first-order valence-corrected chi connectivity index (χ1v) is 9.94. The zero-order valence-electron chi connectivity index (χ0n) is 14.7. The zero-order valence-corrected chi connectivity index (χ0v) is 17.1. The average molecular weight is 412 g/mol. The van der Waals surface area contributed by atoms with Gasteiger partial charge < -0.3 is 9.30 Å². The van der Waals surface area contributed by atoms with Crippen LogP contribution >= 0.6 is 35.0 Å². The molecule has 0 unspecified atom stereocenters. The van der Waals surface area contributed by atoms with Crippen molar-refractivity contribution in [2.45, 2.75) is 31.3 Å². The van der Waals surface area contributed by atoms with Gasteiger partial charge in [0.15, 0.2) is 11.0 Å². The van der Waals surface area contributed by atoms with Gasteiger partial charge in [0.25, 0.3) is 0 Å². The Morgan fingerprint density at radius 1 is 1.15 bits per heavy atom. The third kappa shape index (κ3) is 4.00. The minimum atomic E-state index is 0.546. The SMILES string of the molecule is CCOc1nn(CC)cc1-c1nnc(SCc2ccc(Cl)c(Cl)c2)n1C. The lowest BCUT2D eigenvalue weighted by Crippen LogP contribution is -1.98. The van der Waals surface area contributed by atoms with E-state index in [1.165, 1.54) is 0 Å². The molecule has 3 rings (SSSR count). The summed E-state index contributed by atoms with van der Waals surface area (Å²) in [6, 6.07) is 5.62. The van der Waals surface area contributed by atoms with Crippen molar-refractivity contribution in [2.24, 2.45) is 7.05 Å². The number of benzene rings is 1. The van der Waals surface area contributed by atoms with Crippen LogP contribution in [-0.2, 0) is 19.3 Å². The molecule has 1 aromatic carbocycles. The standard InChI is InChI=1S/C17H19Cl2N5OS/c1-4-24-9-12(16(22-24)25-5-2)15-20-21-17(23(15)3)26-10-11-6-7-13(18)14(19)8-11/h6-9H,4-5,10H2,1-3H3. The highest BCUT2D eigenvalue weighted by Gasteiger charge is 2.19. The van der Waals surface area contributed by atoms with E-state index in [-0.39, 0.29) is 0 Å². The largest absolute Gasteiger partial charge is 0.476 e. The Morgan fingerprint density at radius 3 is 2.65 bits per heavy atom. The Bertz CT molecular complexity index is 909. The molecule has 2 heterocycles. The van der Waals surface area contributed by atoms with Crippen molar-refractivity contribution in [3.05, 3.63) is 40.0 Å². The molecule has 0 saturated carbocycles. The van der Waals surface area contributed by atoms with Gasteiger partial charge in [-0.2, -0.15) is 0 Å². The lowest BCUT2D eigenvalue weighted by molar-refractivity contribution is 0.322. The van der Waals surface area contributed by atoms with Crippen LogP contribution in [0.15, 0.2) is 29.6 Å². The number of thioether (sulfide) groups is 1. The number of halogens is 2. The molecule has 0 fully saturated rings. The number of aromatic nitrogens is 5. The van der Waals surface area contributed by atoms with Gasteiger partial charge in [0.1, 0.15) is 5.56 Å². The van der Waals surface area contributed by atoms with Gasteiger partial charge in [0.2, 0.25) is 5.88 Å². The van der Waals surface area contributed by atoms with Crippen molar-refractivity contribution in [2.75, 3.05) is 6.61 Å². The molecule has 26 heavy (non-hydrogen) atoms. The summed E-state index contributed by atoms with van der Waals surface area (Å²) in [5.41, 5.74) is 1.91. The zero-order chi connectivity index (χ0) is 18.7. The molecule has 3 aromatic rings. The first kappa shape index (κ1) is 19.1. The third-order valence-corrected chi connectivity index (χ3v) is 5.59. The Balaban J connectivity index is 1.81. The van der Waals surface area contributed by atoms with Crippen molar-refractivity contribution >= 4 is 35.0 Å². The lowest BCUT2D eigenvalue weighted by Gasteiger charge is -2.05. The Kier molecular flexibility index (Phi) is 6.11. The summed E-state index contributed by atoms with van der Waals surface area (Å²) in [7, 11) is 1.94. The maximum atomic E-state index is 6.08. The highest BCUT2D eigenvalue weighted by Crippen LogP contribution is 2.31. The fraction of sp³-hybridized carbons (Fsp3) is 0.353. The van der Waals surface area contributed by atoms with Crippen molar-refractivity contribution in [3.8, 4) is 17.3 Å². The van der Waals surface area contributed by atoms with Gasteiger partial charge in [-0.1, -0.05) is 41.0 Å². The maximum absolute atomic E-state index is 6.08. The van der Waals surface area contributed by atoms with Crippen molar-refractivity contribution in [1.29, 1.82) is 0 Å². The van der Waals surface area contributed by atoms with Crippen LogP contribution in [0.25, 0.3) is 11.4 Å². The summed E-state index contributed by atoms with van der Waals surface area (Å²) in [6.07, 6.45) is 1.93. The van der Waals surface area contributed by atoms with Crippen LogP contribution in [0.4, 0.5) is 0 Å². The van der Waals surface area contributed by atoms with E-state index in [2.05, 4.69) is 15.3 Å². The molecule has 0 N–H and O–H groups in total. The van der Waals surface area contributed by atoms with Gasteiger partial charge in [-0.05, 0) is 31.5 Å². The fourth-order valence-electron chi connectivity index (χ4n) is 2.41. The molecule has 138 valence electrons. The molecule has 0 spiro atoms. The minimum absolute atomic E-state index is 0.546. The molecule has 0 aliphatic heterocycles. The van der Waals surface area contributed by atoms with Crippen LogP contribution in [0.1, 0.15) is 19.4 Å². The number of hydrogen-bond donors (Lipinski definition) is 0. The summed E-state index contributed by atoms with van der Waals surface area (Å²) in [6.45, 7) is 5.27. The molecular formula is C17H19Cl2N5OS.